The molecular formula is C36H44Cl2N2O2. The Balaban J connectivity index is 0.00000405. The van der Waals surface area contributed by atoms with Gasteiger partial charge in [-0.2, -0.15) is 0 Å². The lowest BCUT2D eigenvalue weighted by Crippen LogP contribution is -2.49. The van der Waals surface area contributed by atoms with Crippen molar-refractivity contribution in [3.63, 3.8) is 0 Å². The third-order valence-electron chi connectivity index (χ3n) is 9.57. The van der Waals surface area contributed by atoms with Crippen LogP contribution < -0.4 is 0 Å². The topological polar surface area (TPSA) is 40.6 Å². The van der Waals surface area contributed by atoms with E-state index in [9.17, 15) is 9.59 Å². The molecule has 3 aromatic rings. The van der Waals surface area contributed by atoms with Crippen molar-refractivity contribution in [2.45, 2.75) is 69.6 Å². The van der Waals surface area contributed by atoms with Gasteiger partial charge in [-0.3, -0.25) is 9.59 Å². The van der Waals surface area contributed by atoms with Gasteiger partial charge in [0, 0.05) is 40.9 Å². The van der Waals surface area contributed by atoms with E-state index in [4.69, 9.17) is 11.6 Å². The highest BCUT2D eigenvalue weighted by Gasteiger charge is 2.40. The van der Waals surface area contributed by atoms with Crippen molar-refractivity contribution in [3.05, 3.63) is 106 Å². The largest absolute Gasteiger partial charge is 0.338 e. The maximum Gasteiger partial charge on any atom is 0.253 e. The second-order valence-corrected chi connectivity index (χ2v) is 12.8. The van der Waals surface area contributed by atoms with Gasteiger partial charge in [0.05, 0.1) is 0 Å². The predicted octanol–water partition coefficient (Wildman–Crippen LogP) is 8.04. The third kappa shape index (κ3) is 7.27. The number of Topliss-reactive ketones (excluding diaryl/α,β-unsaturated/α-hetero) is 1. The van der Waals surface area contributed by atoms with Crippen LogP contribution in [0.5, 0.6) is 0 Å². The highest BCUT2D eigenvalue weighted by Crippen LogP contribution is 2.41. The molecule has 0 radical (unpaired) electrons. The number of ketones is 1. The molecule has 1 atom stereocenters. The molecule has 0 aromatic heterocycles. The van der Waals surface area contributed by atoms with Crippen molar-refractivity contribution in [2.24, 2.45) is 0 Å². The molecule has 0 bridgehead atoms. The fourth-order valence-corrected chi connectivity index (χ4v) is 7.43. The molecule has 0 spiro atoms. The van der Waals surface area contributed by atoms with Crippen LogP contribution in [-0.2, 0) is 15.6 Å². The molecule has 3 aromatic carbocycles. The van der Waals surface area contributed by atoms with Crippen molar-refractivity contribution >= 4 is 35.7 Å². The normalized spacial score (nSPS) is 20.5. The standard InChI is InChI=1S/C36H43ClN2O2.ClH/c1-28-25-32(15-16-33(28)37)36(18-10-22-39(27-36)34(41)30-11-5-3-6-12-30)17-9-21-38-23-19-35(20-24-38,26-29(2)40)31-13-7-4-8-14-31;/h3-8,11-16,25H,9-10,17-24,26-27H2,1-2H3;1H/t36-;/m0./s1. The zero-order chi connectivity index (χ0) is 28.9. The Morgan fingerprint density at radius 1 is 0.833 bits per heavy atom. The monoisotopic (exact) mass is 606 g/mol. The molecule has 6 heteroatoms. The number of halogens is 2. The smallest absolute Gasteiger partial charge is 0.253 e. The van der Waals surface area contributed by atoms with Crippen molar-refractivity contribution in [3.8, 4) is 0 Å². The van der Waals surface area contributed by atoms with Crippen LogP contribution in [0.2, 0.25) is 5.02 Å². The summed E-state index contributed by atoms with van der Waals surface area (Å²) in [6.45, 7) is 8.38. The van der Waals surface area contributed by atoms with E-state index in [0.717, 1.165) is 87.4 Å². The molecule has 0 aliphatic carbocycles. The summed E-state index contributed by atoms with van der Waals surface area (Å²) >= 11 is 6.44. The van der Waals surface area contributed by atoms with Crippen LogP contribution >= 0.6 is 24.0 Å². The zero-order valence-electron chi connectivity index (χ0n) is 25.0. The number of carbonyl (C=O) groups excluding carboxylic acids is 2. The lowest BCUT2D eigenvalue weighted by molar-refractivity contribution is -0.118. The van der Waals surface area contributed by atoms with Crippen LogP contribution in [0.3, 0.4) is 0 Å². The summed E-state index contributed by atoms with van der Waals surface area (Å²) in [5.74, 6) is 0.397. The number of piperidine rings is 2. The minimum atomic E-state index is -0.0871. The Kier molecular flexibility index (Phi) is 10.9. The average Bonchev–Trinajstić information content (AvgIpc) is 3.00. The second-order valence-electron chi connectivity index (χ2n) is 12.4. The van der Waals surface area contributed by atoms with E-state index in [0.29, 0.717) is 6.42 Å². The maximum absolute atomic E-state index is 13.5. The minimum Gasteiger partial charge on any atom is -0.338 e. The number of rotatable bonds is 9. The Hall–Kier alpha value is -2.66. The molecule has 1 amide bonds. The van der Waals surface area contributed by atoms with E-state index in [-0.39, 0.29) is 34.9 Å². The van der Waals surface area contributed by atoms with Crippen LogP contribution in [0.25, 0.3) is 0 Å². The zero-order valence-corrected chi connectivity index (χ0v) is 26.6. The first-order valence-corrected chi connectivity index (χ1v) is 15.6. The summed E-state index contributed by atoms with van der Waals surface area (Å²) in [5.41, 5.74) is 4.32. The molecule has 2 aliphatic rings. The number of amides is 1. The van der Waals surface area contributed by atoms with Gasteiger partial charge in [0.1, 0.15) is 5.78 Å². The first kappa shape index (κ1) is 32.3. The molecule has 42 heavy (non-hydrogen) atoms. The van der Waals surface area contributed by atoms with Gasteiger partial charge < -0.3 is 9.80 Å². The quantitative estimate of drug-likeness (QED) is 0.247. The van der Waals surface area contributed by atoms with E-state index in [1.807, 2.05) is 36.4 Å². The fraction of sp³-hybridized carbons (Fsp3) is 0.444. The molecule has 2 heterocycles. The number of nitrogens with zero attached hydrogens (tertiary/aromatic N) is 2. The number of likely N-dealkylation sites (tertiary alicyclic amines) is 2. The predicted molar refractivity (Wildman–Crippen MR) is 175 cm³/mol. The van der Waals surface area contributed by atoms with Crippen molar-refractivity contribution in [1.29, 1.82) is 0 Å². The van der Waals surface area contributed by atoms with Gasteiger partial charge in [-0.15, -0.1) is 12.4 Å². The third-order valence-corrected chi connectivity index (χ3v) is 10.00. The van der Waals surface area contributed by atoms with E-state index in [1.165, 1.54) is 11.1 Å². The average molecular weight is 608 g/mol. The van der Waals surface area contributed by atoms with Crippen LogP contribution in [0, 0.1) is 6.92 Å². The number of carbonyl (C=O) groups is 2. The molecule has 2 saturated heterocycles. The van der Waals surface area contributed by atoms with Crippen molar-refractivity contribution in [1.82, 2.24) is 9.80 Å². The van der Waals surface area contributed by atoms with Crippen LogP contribution in [-0.4, -0.2) is 54.2 Å². The Morgan fingerprint density at radius 2 is 1.50 bits per heavy atom. The Labute approximate surface area is 262 Å². The SMILES string of the molecule is CC(=O)CC1(c2ccccc2)CCN(CCC[C@]2(c3ccc(Cl)c(C)c3)CCCN(C(=O)c3ccccc3)C2)CC1.Cl. The lowest BCUT2D eigenvalue weighted by atomic mass is 9.69. The van der Waals surface area contributed by atoms with Crippen LogP contribution in [0.15, 0.2) is 78.9 Å². The Bertz CT molecular complexity index is 1340. The van der Waals surface area contributed by atoms with Gasteiger partial charge in [0.25, 0.3) is 5.91 Å². The van der Waals surface area contributed by atoms with E-state index >= 15 is 0 Å². The van der Waals surface area contributed by atoms with Crippen LogP contribution in [0.4, 0.5) is 0 Å². The van der Waals surface area contributed by atoms with Gasteiger partial charge in [-0.05, 0) is 107 Å². The van der Waals surface area contributed by atoms with Gasteiger partial charge in [-0.25, -0.2) is 0 Å². The summed E-state index contributed by atoms with van der Waals surface area (Å²) in [5, 5.41) is 0.790. The molecule has 224 valence electrons. The van der Waals surface area contributed by atoms with Gasteiger partial charge >= 0.3 is 0 Å². The van der Waals surface area contributed by atoms with E-state index in [2.05, 4.69) is 59.2 Å². The summed E-state index contributed by atoms with van der Waals surface area (Å²) in [4.78, 5) is 30.4. The molecule has 0 saturated carbocycles. The van der Waals surface area contributed by atoms with E-state index in [1.54, 1.807) is 6.92 Å². The second kappa shape index (κ2) is 14.2. The molecule has 5 rings (SSSR count). The molecule has 0 N–H and O–H groups in total. The number of benzene rings is 3. The molecular weight excluding hydrogens is 563 g/mol. The fourth-order valence-electron chi connectivity index (χ4n) is 7.31. The number of hydrogen-bond acceptors (Lipinski definition) is 3. The van der Waals surface area contributed by atoms with Gasteiger partial charge in [0.15, 0.2) is 0 Å². The van der Waals surface area contributed by atoms with Crippen molar-refractivity contribution < 1.29 is 9.59 Å². The summed E-state index contributed by atoms with van der Waals surface area (Å²) in [6, 6.07) is 26.8. The molecule has 2 fully saturated rings. The first-order chi connectivity index (χ1) is 19.8. The highest BCUT2D eigenvalue weighted by molar-refractivity contribution is 6.31. The highest BCUT2D eigenvalue weighted by atomic mass is 35.5. The molecule has 2 aliphatic heterocycles. The Morgan fingerprint density at radius 3 is 2.14 bits per heavy atom. The summed E-state index contributed by atoms with van der Waals surface area (Å²) < 4.78 is 0. The maximum atomic E-state index is 13.5. The number of hydrogen-bond donors (Lipinski definition) is 0. The van der Waals surface area contributed by atoms with Crippen molar-refractivity contribution in [2.75, 3.05) is 32.7 Å². The van der Waals surface area contributed by atoms with Gasteiger partial charge in [0.2, 0.25) is 0 Å². The first-order valence-electron chi connectivity index (χ1n) is 15.2. The lowest BCUT2D eigenvalue weighted by Gasteiger charge is -2.45. The molecule has 0 unspecified atom stereocenters. The number of aryl methyl sites for hydroxylation is 1. The minimum absolute atomic E-state index is 0. The molecule has 4 nitrogen and oxygen atoms in total. The van der Waals surface area contributed by atoms with Crippen LogP contribution in [0.1, 0.15) is 78.9 Å². The summed E-state index contributed by atoms with van der Waals surface area (Å²) in [6.07, 6.45) is 6.81. The van der Waals surface area contributed by atoms with Gasteiger partial charge in [-0.1, -0.05) is 72.3 Å². The van der Waals surface area contributed by atoms with E-state index < -0.39 is 0 Å². The summed E-state index contributed by atoms with van der Waals surface area (Å²) in [7, 11) is 0.